The van der Waals surface area contributed by atoms with Crippen molar-refractivity contribution >= 4 is 31.9 Å². The largest absolute Gasteiger partial charge is 0.416 e. The molecule has 1 aromatic rings. The summed E-state index contributed by atoms with van der Waals surface area (Å²) in [4.78, 5) is 9.41. The number of alkyl halides is 3. The van der Waals surface area contributed by atoms with Gasteiger partial charge < -0.3 is 10.2 Å². The van der Waals surface area contributed by atoms with Crippen LogP contribution in [0.5, 0.6) is 0 Å². The molecule has 1 N–H and O–H groups in total. The zero-order valence-electron chi connectivity index (χ0n) is 13.7. The Kier molecular flexibility index (Phi) is 6.05. The molecule has 25 heavy (non-hydrogen) atoms. The Bertz CT molecular complexity index is 754. The van der Waals surface area contributed by atoms with Gasteiger partial charge in [0.15, 0.2) is 6.10 Å². The van der Waals surface area contributed by atoms with Crippen molar-refractivity contribution in [1.29, 1.82) is 0 Å². The molecule has 0 spiro atoms. The molecule has 1 aromatic carbocycles. The van der Waals surface area contributed by atoms with Gasteiger partial charge in [-0.2, -0.15) is 13.2 Å². The fourth-order valence-corrected chi connectivity index (χ4v) is 2.34. The minimum atomic E-state index is -4.39. The molecule has 4 nitrogen and oxygen atoms in total. The molecule has 1 heterocycles. The van der Waals surface area contributed by atoms with Gasteiger partial charge in [0.05, 0.1) is 16.9 Å². The van der Waals surface area contributed by atoms with Crippen molar-refractivity contribution in [3.8, 4) is 0 Å². The van der Waals surface area contributed by atoms with E-state index in [4.69, 9.17) is 4.84 Å². The molecule has 0 aliphatic carbocycles. The summed E-state index contributed by atoms with van der Waals surface area (Å²) in [6, 6.07) is 4.90. The van der Waals surface area contributed by atoms with E-state index in [1.165, 1.54) is 12.1 Å². The summed E-state index contributed by atoms with van der Waals surface area (Å²) < 4.78 is 38.9. The smallest absolute Gasteiger partial charge is 0.385 e. The fourth-order valence-electron chi connectivity index (χ4n) is 1.97. The minimum absolute atomic E-state index is 0.246. The van der Waals surface area contributed by atoms with E-state index in [0.29, 0.717) is 22.5 Å². The minimum Gasteiger partial charge on any atom is -0.385 e. The first-order chi connectivity index (χ1) is 11.7. The maximum Gasteiger partial charge on any atom is 0.416 e. The number of halogens is 4. The van der Waals surface area contributed by atoms with Crippen molar-refractivity contribution in [1.82, 2.24) is 5.32 Å². The van der Waals surface area contributed by atoms with Gasteiger partial charge in [-0.15, -0.1) is 0 Å². The molecule has 1 atom stereocenters. The molecular weight excluding hydrogens is 399 g/mol. The van der Waals surface area contributed by atoms with E-state index in [0.717, 1.165) is 17.7 Å². The maximum absolute atomic E-state index is 12.7. The Balaban J connectivity index is 2.05. The molecule has 0 bridgehead atoms. The van der Waals surface area contributed by atoms with Crippen LogP contribution >= 0.6 is 15.9 Å². The molecule has 0 radical (unpaired) electrons. The highest BCUT2D eigenvalue weighted by Gasteiger charge is 2.30. The van der Waals surface area contributed by atoms with Gasteiger partial charge in [-0.1, -0.05) is 17.8 Å². The average Bonchev–Trinajstić information content (AvgIpc) is 2.98. The monoisotopic (exact) mass is 415 g/mol. The summed E-state index contributed by atoms with van der Waals surface area (Å²) in [7, 11) is 0. The Morgan fingerprint density at radius 1 is 1.44 bits per heavy atom. The van der Waals surface area contributed by atoms with Gasteiger partial charge in [0.2, 0.25) is 0 Å². The van der Waals surface area contributed by atoms with E-state index in [9.17, 15) is 13.2 Å². The number of allylic oxidation sites excluding steroid dienone is 1. The predicted octanol–water partition coefficient (Wildman–Crippen LogP) is 5.30. The van der Waals surface area contributed by atoms with Crippen LogP contribution in [0.15, 0.2) is 58.5 Å². The second-order valence-corrected chi connectivity index (χ2v) is 6.42. The quantitative estimate of drug-likeness (QED) is 0.662. The van der Waals surface area contributed by atoms with E-state index >= 15 is 0 Å². The first-order valence-corrected chi connectivity index (χ1v) is 8.19. The predicted molar refractivity (Wildman–Crippen MR) is 96.1 cm³/mol. The lowest BCUT2D eigenvalue weighted by molar-refractivity contribution is -0.137. The van der Waals surface area contributed by atoms with Gasteiger partial charge in [-0.05, 0) is 53.5 Å². The summed E-state index contributed by atoms with van der Waals surface area (Å²) in [5, 5.41) is 6.79. The second kappa shape index (κ2) is 7.86. The van der Waals surface area contributed by atoms with Crippen molar-refractivity contribution in [2.75, 3.05) is 0 Å². The zero-order valence-corrected chi connectivity index (χ0v) is 15.3. The molecule has 1 aliphatic heterocycles. The molecule has 0 unspecified atom stereocenters. The first-order valence-electron chi connectivity index (χ1n) is 7.40. The Hall–Kier alpha value is -2.09. The van der Waals surface area contributed by atoms with Crippen LogP contribution in [-0.2, 0) is 11.0 Å². The van der Waals surface area contributed by atoms with Crippen LogP contribution in [0.25, 0.3) is 0 Å². The topological polar surface area (TPSA) is 46.0 Å². The van der Waals surface area contributed by atoms with Crippen molar-refractivity contribution in [3.05, 3.63) is 53.9 Å². The summed E-state index contributed by atoms with van der Waals surface area (Å²) >= 11 is 3.25. The molecule has 0 saturated heterocycles. The van der Waals surface area contributed by atoms with E-state index in [1.807, 2.05) is 0 Å². The van der Waals surface area contributed by atoms with Gasteiger partial charge in [-0.25, -0.2) is 0 Å². The van der Waals surface area contributed by atoms with Crippen LogP contribution in [0.3, 0.4) is 0 Å². The number of aliphatic imine (C=N–C) groups is 1. The second-order valence-electron chi connectivity index (χ2n) is 5.51. The Morgan fingerprint density at radius 3 is 2.76 bits per heavy atom. The molecule has 134 valence electrons. The first kappa shape index (κ1) is 19.2. The molecule has 0 amide bonds. The third-order valence-electron chi connectivity index (χ3n) is 3.54. The van der Waals surface area contributed by atoms with E-state index in [1.54, 1.807) is 20.0 Å². The SMILES string of the molecule is C=C(NC=C(C)C(C)=Nc1cccc(C(F)(F)F)c1)[C@H]1CC(Br)=NO1. The lowest BCUT2D eigenvalue weighted by Gasteiger charge is -2.12. The lowest BCUT2D eigenvalue weighted by Crippen LogP contribution is -2.20. The summed E-state index contributed by atoms with van der Waals surface area (Å²) in [5.41, 5.74) is 1.50. The van der Waals surface area contributed by atoms with Crippen LogP contribution < -0.4 is 5.32 Å². The number of oxime groups is 1. The zero-order chi connectivity index (χ0) is 18.6. The number of nitrogens with one attached hydrogen (secondary N) is 1. The van der Waals surface area contributed by atoms with Gasteiger partial charge >= 0.3 is 6.18 Å². The van der Waals surface area contributed by atoms with Crippen molar-refractivity contribution < 1.29 is 18.0 Å². The molecular formula is C17H17BrF3N3O. The van der Waals surface area contributed by atoms with Crippen LogP contribution in [0.2, 0.25) is 0 Å². The van der Waals surface area contributed by atoms with Crippen molar-refractivity contribution in [2.24, 2.45) is 10.1 Å². The standard InChI is InChI=1S/C17H17BrF3N3O/c1-10(9-22-12(3)15-8-16(18)24-25-15)11(2)23-14-6-4-5-13(7-14)17(19,20)21/h4-7,9,15,22H,3,8H2,1-2H3/t15-/m1/s1. The highest BCUT2D eigenvalue weighted by Crippen LogP contribution is 2.31. The summed E-state index contributed by atoms with van der Waals surface area (Å²) in [6.07, 6.45) is -2.37. The lowest BCUT2D eigenvalue weighted by atomic mass is 10.1. The van der Waals surface area contributed by atoms with Gasteiger partial charge in [-0.3, -0.25) is 4.99 Å². The number of benzene rings is 1. The third-order valence-corrected chi connectivity index (χ3v) is 4.01. The number of hydrogen-bond acceptors (Lipinski definition) is 4. The van der Waals surface area contributed by atoms with E-state index in [-0.39, 0.29) is 11.8 Å². The highest BCUT2D eigenvalue weighted by molar-refractivity contribution is 9.18. The van der Waals surface area contributed by atoms with Gasteiger partial charge in [0, 0.05) is 18.3 Å². The summed E-state index contributed by atoms with van der Waals surface area (Å²) in [5.74, 6) is 0. The highest BCUT2D eigenvalue weighted by atomic mass is 79.9. The normalized spacial score (nSPS) is 18.6. The number of rotatable bonds is 5. The van der Waals surface area contributed by atoms with Gasteiger partial charge in [0.1, 0.15) is 4.62 Å². The Morgan fingerprint density at radius 2 is 2.16 bits per heavy atom. The Labute approximate surface area is 152 Å². The van der Waals surface area contributed by atoms with Crippen LogP contribution in [-0.4, -0.2) is 16.4 Å². The number of nitrogens with zero attached hydrogens (tertiary/aromatic N) is 2. The summed E-state index contributed by atoms with van der Waals surface area (Å²) in [6.45, 7) is 7.41. The van der Waals surface area contributed by atoms with Gasteiger partial charge in [0.25, 0.3) is 0 Å². The fraction of sp³-hybridized carbons (Fsp3) is 0.294. The van der Waals surface area contributed by atoms with Crippen LogP contribution in [0.1, 0.15) is 25.8 Å². The third kappa shape index (κ3) is 5.45. The molecule has 1 aliphatic rings. The maximum atomic E-state index is 12.7. The molecule has 2 rings (SSSR count). The van der Waals surface area contributed by atoms with Crippen LogP contribution in [0.4, 0.5) is 18.9 Å². The number of hydrogen-bond donors (Lipinski definition) is 1. The van der Waals surface area contributed by atoms with E-state index in [2.05, 4.69) is 38.0 Å². The van der Waals surface area contributed by atoms with Crippen molar-refractivity contribution in [2.45, 2.75) is 32.5 Å². The average molecular weight is 416 g/mol. The molecule has 8 heteroatoms. The molecule has 0 saturated carbocycles. The van der Waals surface area contributed by atoms with Crippen molar-refractivity contribution in [3.63, 3.8) is 0 Å². The van der Waals surface area contributed by atoms with Crippen LogP contribution in [0, 0.1) is 0 Å². The molecule has 0 aromatic heterocycles. The molecule has 0 fully saturated rings. The van der Waals surface area contributed by atoms with E-state index < -0.39 is 11.7 Å².